The van der Waals surface area contributed by atoms with Crippen molar-refractivity contribution in [1.82, 2.24) is 0 Å². The van der Waals surface area contributed by atoms with Gasteiger partial charge in [0, 0.05) is 0 Å². The van der Waals surface area contributed by atoms with Crippen molar-refractivity contribution in [2.75, 3.05) is 0 Å². The van der Waals surface area contributed by atoms with Crippen molar-refractivity contribution >= 4 is 0 Å². The number of hydrogen-bond donors (Lipinski definition) is 0. The SMILES string of the molecule is C=C(C)/C(Cc1ccccc1)=C(\C)C1CCCCC1.C=C/C=C\C.C=CC.CC.CC.CCC. The molecule has 0 aromatic heterocycles. The maximum atomic E-state index is 4.21. The van der Waals surface area contributed by atoms with Crippen LogP contribution in [0.2, 0.25) is 0 Å². The Morgan fingerprint density at radius 3 is 1.65 bits per heavy atom. The Morgan fingerprint density at radius 2 is 1.32 bits per heavy atom. The molecule has 1 aromatic carbocycles. The molecule has 1 aliphatic rings. The van der Waals surface area contributed by atoms with Crippen LogP contribution in [0.15, 0.2) is 91.1 Å². The van der Waals surface area contributed by atoms with Gasteiger partial charge in [0.2, 0.25) is 0 Å². The number of allylic oxidation sites excluding steroid dienone is 7. The zero-order valence-electron chi connectivity index (χ0n) is 24.8. The molecule has 1 aliphatic carbocycles. The fraction of sp³-hybridized carbons (Fsp3) is 0.529. The van der Waals surface area contributed by atoms with Crippen LogP contribution in [0, 0.1) is 5.92 Å². The molecule has 0 spiro atoms. The standard InChI is InChI=1S/C19H26.C5H8.C3H8.C3H6.2C2H6/c1-15(2)19(14-17-10-6-4-7-11-17)16(3)18-12-8-5-9-13-18;1-3-5-4-2;2*1-3-2;2*1-2/h4,6-7,10-11,18H,1,5,8-9,12-14H2,2-3H3;3-5H,1H2,2H3;3H2,1-2H3;3H,1H2,2H3;2*1-2H3/b19-16+;5-4-;;;;. The number of benzene rings is 1. The van der Waals surface area contributed by atoms with E-state index >= 15 is 0 Å². The smallest absolute Gasteiger partial charge is 0.00238 e. The van der Waals surface area contributed by atoms with Gasteiger partial charge < -0.3 is 0 Å². The fourth-order valence-electron chi connectivity index (χ4n) is 3.34. The summed E-state index contributed by atoms with van der Waals surface area (Å²) >= 11 is 0. The van der Waals surface area contributed by atoms with Crippen molar-refractivity contribution in [3.63, 3.8) is 0 Å². The van der Waals surface area contributed by atoms with Gasteiger partial charge in [0.05, 0.1) is 0 Å². The minimum atomic E-state index is 0.796. The summed E-state index contributed by atoms with van der Waals surface area (Å²) in [7, 11) is 0. The summed E-state index contributed by atoms with van der Waals surface area (Å²) in [5, 5.41) is 0. The molecule has 0 radical (unpaired) electrons. The minimum Gasteiger partial charge on any atom is -0.103 e. The van der Waals surface area contributed by atoms with Crippen molar-refractivity contribution in [2.24, 2.45) is 5.92 Å². The van der Waals surface area contributed by atoms with Crippen LogP contribution >= 0.6 is 0 Å². The van der Waals surface area contributed by atoms with Gasteiger partial charge in [0.1, 0.15) is 0 Å². The molecule has 0 amide bonds. The Balaban J connectivity index is -0.000000249. The Labute approximate surface area is 216 Å². The Morgan fingerprint density at radius 1 is 0.882 bits per heavy atom. The quantitative estimate of drug-likeness (QED) is 0.297. The third-order valence-corrected chi connectivity index (χ3v) is 4.76. The van der Waals surface area contributed by atoms with Crippen LogP contribution in [-0.2, 0) is 6.42 Å². The first-order chi connectivity index (χ1) is 16.4. The lowest BCUT2D eigenvalue weighted by atomic mass is 9.80. The molecule has 2 rings (SSSR count). The van der Waals surface area contributed by atoms with Crippen LogP contribution in [-0.4, -0.2) is 0 Å². The van der Waals surface area contributed by atoms with Crippen LogP contribution in [0.4, 0.5) is 0 Å². The lowest BCUT2D eigenvalue weighted by molar-refractivity contribution is 0.400. The Kier molecular flexibility index (Phi) is 38.1. The molecule has 1 saturated carbocycles. The summed E-state index contributed by atoms with van der Waals surface area (Å²) in [5.41, 5.74) is 5.72. The molecule has 0 N–H and O–H groups in total. The normalized spacial score (nSPS) is 12.6. The van der Waals surface area contributed by atoms with Gasteiger partial charge in [-0.1, -0.05) is 146 Å². The molecule has 0 aliphatic heterocycles. The Bertz CT molecular complexity index is 607. The van der Waals surface area contributed by atoms with E-state index in [-0.39, 0.29) is 0 Å². The van der Waals surface area contributed by atoms with Gasteiger partial charge >= 0.3 is 0 Å². The molecular weight excluding hydrogens is 408 g/mol. The van der Waals surface area contributed by atoms with Gasteiger partial charge in [-0.05, 0) is 64.0 Å². The van der Waals surface area contributed by atoms with Crippen LogP contribution in [0.3, 0.4) is 0 Å². The highest BCUT2D eigenvalue weighted by Gasteiger charge is 2.18. The van der Waals surface area contributed by atoms with Gasteiger partial charge in [0.25, 0.3) is 0 Å². The van der Waals surface area contributed by atoms with Crippen LogP contribution in [0.5, 0.6) is 0 Å². The molecule has 34 heavy (non-hydrogen) atoms. The van der Waals surface area contributed by atoms with E-state index in [4.69, 9.17) is 0 Å². The van der Waals surface area contributed by atoms with E-state index in [1.807, 2.05) is 53.7 Å². The molecule has 0 nitrogen and oxygen atoms in total. The van der Waals surface area contributed by atoms with Crippen LogP contribution in [0.25, 0.3) is 0 Å². The van der Waals surface area contributed by atoms with Crippen molar-refractivity contribution in [3.05, 3.63) is 96.7 Å². The summed E-state index contributed by atoms with van der Waals surface area (Å²) in [6, 6.07) is 10.8. The van der Waals surface area contributed by atoms with Gasteiger partial charge in [-0.3, -0.25) is 0 Å². The second-order valence-electron chi connectivity index (χ2n) is 7.82. The zero-order chi connectivity index (χ0) is 27.2. The maximum absolute atomic E-state index is 4.21. The molecule has 0 heterocycles. The minimum absolute atomic E-state index is 0.796. The summed E-state index contributed by atoms with van der Waals surface area (Å²) in [4.78, 5) is 0. The topological polar surface area (TPSA) is 0 Å². The maximum Gasteiger partial charge on any atom is -0.00238 e. The van der Waals surface area contributed by atoms with Crippen LogP contribution in [0.1, 0.15) is 113 Å². The van der Waals surface area contributed by atoms with Gasteiger partial charge in [-0.15, -0.1) is 6.58 Å². The molecule has 1 aromatic rings. The summed E-state index contributed by atoms with van der Waals surface area (Å²) in [5.74, 6) is 0.796. The van der Waals surface area contributed by atoms with Gasteiger partial charge in [0.15, 0.2) is 0 Å². The van der Waals surface area contributed by atoms with E-state index < -0.39 is 0 Å². The fourth-order valence-corrected chi connectivity index (χ4v) is 3.34. The van der Waals surface area contributed by atoms with E-state index in [9.17, 15) is 0 Å². The molecular formula is C34H60. The first-order valence-electron chi connectivity index (χ1n) is 13.6. The highest BCUT2D eigenvalue weighted by Crippen LogP contribution is 2.33. The van der Waals surface area contributed by atoms with E-state index in [1.165, 1.54) is 55.2 Å². The van der Waals surface area contributed by atoms with Crippen molar-refractivity contribution in [1.29, 1.82) is 0 Å². The molecule has 0 unspecified atom stereocenters. The first-order valence-corrected chi connectivity index (χ1v) is 13.6. The van der Waals surface area contributed by atoms with Crippen molar-refractivity contribution in [2.45, 2.75) is 114 Å². The summed E-state index contributed by atoms with van der Waals surface area (Å²) in [6.45, 7) is 31.6. The monoisotopic (exact) mass is 468 g/mol. The highest BCUT2D eigenvalue weighted by molar-refractivity contribution is 5.37. The van der Waals surface area contributed by atoms with Crippen molar-refractivity contribution in [3.8, 4) is 0 Å². The second-order valence-corrected chi connectivity index (χ2v) is 7.82. The van der Waals surface area contributed by atoms with E-state index in [1.54, 1.807) is 17.7 Å². The van der Waals surface area contributed by atoms with Gasteiger partial charge in [-0.2, -0.15) is 0 Å². The van der Waals surface area contributed by atoms with E-state index in [2.05, 4.69) is 77.8 Å². The van der Waals surface area contributed by atoms with E-state index in [0.29, 0.717) is 0 Å². The number of rotatable bonds is 5. The van der Waals surface area contributed by atoms with Crippen molar-refractivity contribution < 1.29 is 0 Å². The first kappa shape index (κ1) is 39.1. The lowest BCUT2D eigenvalue weighted by Crippen LogP contribution is -2.10. The predicted octanol–water partition coefficient (Wildman–Crippen LogP) is 12.1. The summed E-state index contributed by atoms with van der Waals surface area (Å²) in [6.07, 6.45) is 16.6. The molecule has 0 saturated heterocycles. The molecule has 196 valence electrons. The lowest BCUT2D eigenvalue weighted by Gasteiger charge is -2.25. The van der Waals surface area contributed by atoms with E-state index in [0.717, 1.165) is 12.3 Å². The summed E-state index contributed by atoms with van der Waals surface area (Å²) < 4.78 is 0. The third-order valence-electron chi connectivity index (χ3n) is 4.76. The second kappa shape index (κ2) is 33.1. The van der Waals surface area contributed by atoms with Crippen LogP contribution < -0.4 is 0 Å². The molecule has 1 fully saturated rings. The molecule has 0 heteroatoms. The predicted molar refractivity (Wildman–Crippen MR) is 164 cm³/mol. The highest BCUT2D eigenvalue weighted by atomic mass is 14.2. The zero-order valence-corrected chi connectivity index (χ0v) is 24.8. The average Bonchev–Trinajstić information content (AvgIpc) is 2.87. The Hall–Kier alpha value is -2.08. The third kappa shape index (κ3) is 24.6. The number of hydrogen-bond acceptors (Lipinski definition) is 0. The molecule has 0 atom stereocenters. The average molecular weight is 469 g/mol. The molecule has 0 bridgehead atoms. The van der Waals surface area contributed by atoms with Gasteiger partial charge in [-0.25, -0.2) is 0 Å². The largest absolute Gasteiger partial charge is 0.103 e.